The van der Waals surface area contributed by atoms with Crippen LogP contribution in [0.1, 0.15) is 50.0 Å². The van der Waals surface area contributed by atoms with Gasteiger partial charge in [0.2, 0.25) is 0 Å². The van der Waals surface area contributed by atoms with Crippen molar-refractivity contribution < 1.29 is 18.6 Å². The molecule has 1 saturated heterocycles. The molecule has 1 N–H and O–H groups in total. The summed E-state index contributed by atoms with van der Waals surface area (Å²) >= 11 is 0. The van der Waals surface area contributed by atoms with Crippen molar-refractivity contribution in [3.63, 3.8) is 0 Å². The Morgan fingerprint density at radius 3 is 2.30 bits per heavy atom. The zero-order valence-electron chi connectivity index (χ0n) is 19.9. The lowest BCUT2D eigenvalue weighted by molar-refractivity contribution is 0.118. The van der Waals surface area contributed by atoms with Crippen LogP contribution in [0.2, 0.25) is 0 Å². The summed E-state index contributed by atoms with van der Waals surface area (Å²) in [6.45, 7) is 1.94. The van der Waals surface area contributed by atoms with E-state index in [-0.39, 0.29) is 6.61 Å². The van der Waals surface area contributed by atoms with Crippen molar-refractivity contribution in [3.8, 4) is 17.2 Å². The summed E-state index contributed by atoms with van der Waals surface area (Å²) in [6, 6.07) is 15.4. The average Bonchev–Trinajstić information content (AvgIpc) is 2.88. The van der Waals surface area contributed by atoms with Crippen molar-refractivity contribution in [2.45, 2.75) is 56.5 Å². The van der Waals surface area contributed by atoms with E-state index in [1.54, 1.807) is 14.2 Å². The van der Waals surface area contributed by atoms with Crippen molar-refractivity contribution in [1.82, 2.24) is 4.90 Å². The highest BCUT2D eigenvalue weighted by atomic mass is 19.1. The predicted octanol–water partition coefficient (Wildman–Crippen LogP) is 5.65. The van der Waals surface area contributed by atoms with Crippen LogP contribution >= 0.6 is 0 Å². The van der Waals surface area contributed by atoms with Crippen LogP contribution in [0.15, 0.2) is 42.5 Å². The van der Waals surface area contributed by atoms with Crippen LogP contribution in [0.4, 0.5) is 10.1 Å². The minimum absolute atomic E-state index is 0.135. The van der Waals surface area contributed by atoms with Gasteiger partial charge in [0.05, 0.1) is 14.2 Å². The number of nitrogens with zero attached hydrogens (tertiary/aromatic N) is 1. The Balaban J connectivity index is 1.25. The standard InChI is InChI=1S/C27H37FN2O3/c1-31-26-12-9-22(19-27(26)32-2)29-21-7-10-23(11-8-21)30-16-13-20(14-17-30)24-5-3-4-6-25(24)33-18-15-28/h3-6,9,12,19-21,23,29H,7-8,10-11,13-18H2,1-2H3. The van der Waals surface area contributed by atoms with Crippen molar-refractivity contribution in [3.05, 3.63) is 48.0 Å². The van der Waals surface area contributed by atoms with E-state index in [1.807, 2.05) is 24.3 Å². The smallest absolute Gasteiger partial charge is 0.162 e. The van der Waals surface area contributed by atoms with E-state index in [4.69, 9.17) is 14.2 Å². The maximum atomic E-state index is 12.6. The van der Waals surface area contributed by atoms with Crippen LogP contribution in [0.3, 0.4) is 0 Å². The summed E-state index contributed by atoms with van der Waals surface area (Å²) in [5.41, 5.74) is 2.33. The van der Waals surface area contributed by atoms with Gasteiger partial charge in [0.15, 0.2) is 11.5 Å². The molecule has 4 rings (SSSR count). The van der Waals surface area contributed by atoms with Gasteiger partial charge in [-0.15, -0.1) is 0 Å². The second kappa shape index (κ2) is 11.6. The Kier molecular flexibility index (Phi) is 8.32. The minimum atomic E-state index is -0.448. The first kappa shape index (κ1) is 23.7. The van der Waals surface area contributed by atoms with Crippen molar-refractivity contribution in [2.75, 3.05) is 45.9 Å². The van der Waals surface area contributed by atoms with Crippen LogP contribution < -0.4 is 19.5 Å². The molecule has 33 heavy (non-hydrogen) atoms. The molecule has 0 amide bonds. The topological polar surface area (TPSA) is 43.0 Å². The molecule has 0 atom stereocenters. The molecule has 180 valence electrons. The SMILES string of the molecule is COc1ccc(NC2CCC(N3CCC(c4ccccc4OCCF)CC3)CC2)cc1OC. The first-order valence-corrected chi connectivity index (χ1v) is 12.2. The maximum absolute atomic E-state index is 12.6. The van der Waals surface area contributed by atoms with Crippen LogP contribution in [-0.4, -0.2) is 57.6 Å². The molecule has 2 aromatic carbocycles. The monoisotopic (exact) mass is 456 g/mol. The second-order valence-corrected chi connectivity index (χ2v) is 9.11. The highest BCUT2D eigenvalue weighted by Crippen LogP contribution is 2.37. The molecular weight excluding hydrogens is 419 g/mol. The Hall–Kier alpha value is -2.47. The molecule has 0 radical (unpaired) electrons. The number of rotatable bonds is 9. The number of halogens is 1. The quantitative estimate of drug-likeness (QED) is 0.528. The minimum Gasteiger partial charge on any atom is -0.493 e. The number of alkyl halides is 1. The van der Waals surface area contributed by atoms with Gasteiger partial charge < -0.3 is 24.4 Å². The molecule has 5 nitrogen and oxygen atoms in total. The Labute approximate surface area is 197 Å². The number of para-hydroxylation sites is 1. The van der Waals surface area contributed by atoms with E-state index in [9.17, 15) is 4.39 Å². The number of hydrogen-bond donors (Lipinski definition) is 1. The lowest BCUT2D eigenvalue weighted by Gasteiger charge is -2.41. The molecule has 2 aromatic rings. The van der Waals surface area contributed by atoms with E-state index in [0.29, 0.717) is 18.0 Å². The summed E-state index contributed by atoms with van der Waals surface area (Å²) in [7, 11) is 3.33. The van der Waals surface area contributed by atoms with E-state index < -0.39 is 6.67 Å². The van der Waals surface area contributed by atoms with Crippen LogP contribution in [0.5, 0.6) is 17.2 Å². The van der Waals surface area contributed by atoms with E-state index in [0.717, 1.165) is 48.9 Å². The Morgan fingerprint density at radius 2 is 1.61 bits per heavy atom. The molecule has 0 bridgehead atoms. The molecule has 1 heterocycles. The largest absolute Gasteiger partial charge is 0.493 e. The van der Waals surface area contributed by atoms with E-state index >= 15 is 0 Å². The second-order valence-electron chi connectivity index (χ2n) is 9.11. The third kappa shape index (κ3) is 5.91. The molecule has 1 saturated carbocycles. The number of benzene rings is 2. The molecule has 1 aliphatic heterocycles. The van der Waals surface area contributed by atoms with Gasteiger partial charge in [-0.25, -0.2) is 4.39 Å². The van der Waals surface area contributed by atoms with Gasteiger partial charge in [-0.2, -0.15) is 0 Å². The molecule has 0 unspecified atom stereocenters. The first-order chi connectivity index (χ1) is 16.2. The highest BCUT2D eigenvalue weighted by Gasteiger charge is 2.30. The molecule has 0 spiro atoms. The van der Waals surface area contributed by atoms with E-state index in [1.165, 1.54) is 31.2 Å². The number of ether oxygens (including phenoxy) is 3. The Bertz CT molecular complexity index is 877. The summed E-state index contributed by atoms with van der Waals surface area (Å²) in [4.78, 5) is 2.69. The number of anilines is 1. The third-order valence-electron chi connectivity index (χ3n) is 7.19. The zero-order chi connectivity index (χ0) is 23.0. The lowest BCUT2D eigenvalue weighted by atomic mass is 9.85. The summed E-state index contributed by atoms with van der Waals surface area (Å²) in [6.07, 6.45) is 7.09. The number of methoxy groups -OCH3 is 2. The van der Waals surface area contributed by atoms with Gasteiger partial charge >= 0.3 is 0 Å². The number of hydrogen-bond acceptors (Lipinski definition) is 5. The van der Waals surface area contributed by atoms with Gasteiger partial charge in [0.25, 0.3) is 0 Å². The fourth-order valence-corrected chi connectivity index (χ4v) is 5.42. The van der Waals surface area contributed by atoms with E-state index in [2.05, 4.69) is 28.4 Å². The first-order valence-electron chi connectivity index (χ1n) is 12.2. The third-order valence-corrected chi connectivity index (χ3v) is 7.19. The molecular formula is C27H37FN2O3. The van der Waals surface area contributed by atoms with Gasteiger partial charge in [0, 0.05) is 23.8 Å². The summed E-state index contributed by atoms with van der Waals surface area (Å²) in [5, 5.41) is 3.69. The fourth-order valence-electron chi connectivity index (χ4n) is 5.42. The molecule has 0 aromatic heterocycles. The van der Waals surface area contributed by atoms with Gasteiger partial charge in [-0.1, -0.05) is 18.2 Å². The average molecular weight is 457 g/mol. The van der Waals surface area contributed by atoms with Crippen LogP contribution in [0, 0.1) is 0 Å². The number of piperidine rings is 1. The fraction of sp³-hybridized carbons (Fsp3) is 0.556. The molecule has 2 aliphatic rings. The number of likely N-dealkylation sites (tertiary alicyclic amines) is 1. The maximum Gasteiger partial charge on any atom is 0.162 e. The molecule has 6 heteroatoms. The van der Waals surface area contributed by atoms with Gasteiger partial charge in [0.1, 0.15) is 19.0 Å². The normalized spacial score (nSPS) is 22.0. The van der Waals surface area contributed by atoms with Crippen LogP contribution in [0.25, 0.3) is 0 Å². The lowest BCUT2D eigenvalue weighted by Crippen LogP contribution is -2.44. The highest BCUT2D eigenvalue weighted by molar-refractivity contribution is 5.55. The van der Waals surface area contributed by atoms with Crippen LogP contribution in [-0.2, 0) is 0 Å². The van der Waals surface area contributed by atoms with Gasteiger partial charge in [-0.05, 0) is 81.3 Å². The summed E-state index contributed by atoms with van der Waals surface area (Å²) in [5.74, 6) is 2.87. The van der Waals surface area contributed by atoms with Crippen molar-refractivity contribution in [1.29, 1.82) is 0 Å². The zero-order valence-corrected chi connectivity index (χ0v) is 19.9. The number of nitrogens with one attached hydrogen (secondary N) is 1. The molecule has 1 aliphatic carbocycles. The predicted molar refractivity (Wildman–Crippen MR) is 131 cm³/mol. The Morgan fingerprint density at radius 1 is 0.879 bits per heavy atom. The van der Waals surface area contributed by atoms with Gasteiger partial charge in [-0.3, -0.25) is 0 Å². The summed E-state index contributed by atoms with van der Waals surface area (Å²) < 4.78 is 29.0. The van der Waals surface area contributed by atoms with Crippen molar-refractivity contribution in [2.24, 2.45) is 0 Å². The molecule has 2 fully saturated rings. The van der Waals surface area contributed by atoms with Crippen molar-refractivity contribution >= 4 is 5.69 Å².